The summed E-state index contributed by atoms with van der Waals surface area (Å²) in [6.07, 6.45) is 1.00. The van der Waals surface area contributed by atoms with Gasteiger partial charge in [-0.15, -0.1) is 11.3 Å². The molecule has 1 heterocycles. The van der Waals surface area contributed by atoms with Crippen molar-refractivity contribution < 1.29 is 12.6 Å². The zero-order valence-corrected chi connectivity index (χ0v) is 9.54. The number of rotatable bonds is 2. The Bertz CT molecular complexity index is 460. The van der Waals surface area contributed by atoms with Crippen molar-refractivity contribution >= 4 is 21.5 Å². The highest BCUT2D eigenvalue weighted by molar-refractivity contribution is 7.86. The molecule has 0 radical (unpaired) electrons. The number of hydrogen-bond donors (Lipinski definition) is 0. The lowest BCUT2D eigenvalue weighted by Gasteiger charge is -1.91. The summed E-state index contributed by atoms with van der Waals surface area (Å²) in [5, 5.41) is 0. The van der Waals surface area contributed by atoms with E-state index < -0.39 is 10.1 Å². The predicted octanol–water partition coefficient (Wildman–Crippen LogP) is 1.38. The van der Waals surface area contributed by atoms with E-state index in [1.54, 1.807) is 11.3 Å². The Kier molecular flexibility index (Phi) is 3.69. The standard InChI is InChI=1S/C9H10O3S2/c1-8-5-6-9(13-8)4-3-7-12-14(2,10)11/h5-6H,7H2,1-2H3. The van der Waals surface area contributed by atoms with Crippen molar-refractivity contribution in [3.8, 4) is 11.8 Å². The van der Waals surface area contributed by atoms with Crippen LogP contribution < -0.4 is 0 Å². The fourth-order valence-corrected chi connectivity index (χ4v) is 1.78. The van der Waals surface area contributed by atoms with Gasteiger partial charge in [0.15, 0.2) is 0 Å². The van der Waals surface area contributed by atoms with Crippen molar-refractivity contribution in [2.45, 2.75) is 6.92 Å². The minimum absolute atomic E-state index is 0.0875. The van der Waals surface area contributed by atoms with Crippen LogP contribution in [-0.4, -0.2) is 21.3 Å². The highest BCUT2D eigenvalue weighted by Crippen LogP contribution is 2.12. The summed E-state index contributed by atoms with van der Waals surface area (Å²) < 4.78 is 25.6. The summed E-state index contributed by atoms with van der Waals surface area (Å²) in [6, 6.07) is 3.86. The van der Waals surface area contributed by atoms with E-state index in [2.05, 4.69) is 16.0 Å². The normalized spacial score (nSPS) is 10.7. The van der Waals surface area contributed by atoms with Crippen LogP contribution in [0, 0.1) is 18.8 Å². The van der Waals surface area contributed by atoms with Gasteiger partial charge < -0.3 is 0 Å². The van der Waals surface area contributed by atoms with E-state index >= 15 is 0 Å². The lowest BCUT2D eigenvalue weighted by atomic mass is 10.4. The van der Waals surface area contributed by atoms with Gasteiger partial charge in [-0.1, -0.05) is 11.8 Å². The van der Waals surface area contributed by atoms with Crippen molar-refractivity contribution in [2.24, 2.45) is 0 Å². The monoisotopic (exact) mass is 230 g/mol. The molecule has 0 N–H and O–H groups in total. The summed E-state index contributed by atoms with van der Waals surface area (Å²) in [5.41, 5.74) is 0. The van der Waals surface area contributed by atoms with Gasteiger partial charge in [-0.3, -0.25) is 4.18 Å². The Morgan fingerprint density at radius 2 is 2.21 bits per heavy atom. The fraction of sp³-hybridized carbons (Fsp3) is 0.333. The molecule has 0 atom stereocenters. The summed E-state index contributed by atoms with van der Waals surface area (Å²) in [4.78, 5) is 2.10. The first-order valence-corrected chi connectivity index (χ1v) is 6.50. The second-order valence-electron chi connectivity index (χ2n) is 2.68. The minimum Gasteiger partial charge on any atom is -0.257 e. The van der Waals surface area contributed by atoms with Crippen LogP contribution in [0.4, 0.5) is 0 Å². The van der Waals surface area contributed by atoms with Crippen LogP contribution in [0.2, 0.25) is 0 Å². The van der Waals surface area contributed by atoms with Crippen LogP contribution in [0.1, 0.15) is 9.75 Å². The average molecular weight is 230 g/mol. The van der Waals surface area contributed by atoms with Gasteiger partial charge in [-0.2, -0.15) is 8.42 Å². The van der Waals surface area contributed by atoms with Gasteiger partial charge in [0.1, 0.15) is 6.61 Å². The van der Waals surface area contributed by atoms with E-state index in [0.717, 1.165) is 11.1 Å². The third-order valence-corrected chi connectivity index (χ3v) is 2.76. The lowest BCUT2D eigenvalue weighted by Crippen LogP contribution is -2.02. The SMILES string of the molecule is Cc1ccc(C#CCOS(C)(=O)=O)s1. The highest BCUT2D eigenvalue weighted by atomic mass is 32.2. The molecular weight excluding hydrogens is 220 g/mol. The molecule has 1 aromatic heterocycles. The topological polar surface area (TPSA) is 43.4 Å². The molecule has 3 nitrogen and oxygen atoms in total. The maximum Gasteiger partial charge on any atom is 0.265 e. The van der Waals surface area contributed by atoms with Crippen LogP contribution >= 0.6 is 11.3 Å². The molecular formula is C9H10O3S2. The molecule has 0 spiro atoms. The molecule has 14 heavy (non-hydrogen) atoms. The lowest BCUT2D eigenvalue weighted by molar-refractivity contribution is 0.368. The van der Waals surface area contributed by atoms with Gasteiger partial charge in [0.25, 0.3) is 10.1 Å². The van der Waals surface area contributed by atoms with E-state index in [4.69, 9.17) is 0 Å². The quantitative estimate of drug-likeness (QED) is 0.569. The van der Waals surface area contributed by atoms with E-state index in [1.165, 1.54) is 4.88 Å². The summed E-state index contributed by atoms with van der Waals surface area (Å²) in [6.45, 7) is 1.90. The molecule has 0 aliphatic rings. The van der Waals surface area contributed by atoms with Gasteiger partial charge >= 0.3 is 0 Å². The number of aryl methyl sites for hydroxylation is 1. The Hall–Kier alpha value is -0.830. The molecule has 76 valence electrons. The van der Waals surface area contributed by atoms with Crippen molar-refractivity contribution in [1.29, 1.82) is 0 Å². The Labute approximate surface area is 87.8 Å². The van der Waals surface area contributed by atoms with Crippen LogP contribution in [0.3, 0.4) is 0 Å². The molecule has 5 heteroatoms. The Morgan fingerprint density at radius 1 is 1.50 bits per heavy atom. The molecule has 0 fully saturated rings. The summed E-state index contributed by atoms with van der Waals surface area (Å²) in [5.74, 6) is 5.45. The van der Waals surface area contributed by atoms with Gasteiger partial charge in [0, 0.05) is 4.88 Å². The van der Waals surface area contributed by atoms with E-state index in [9.17, 15) is 8.42 Å². The molecule has 0 aliphatic heterocycles. The van der Waals surface area contributed by atoms with Crippen molar-refractivity contribution in [3.63, 3.8) is 0 Å². The molecule has 1 aromatic rings. The zero-order valence-electron chi connectivity index (χ0n) is 7.90. The summed E-state index contributed by atoms with van der Waals surface area (Å²) >= 11 is 1.57. The molecule has 0 saturated carbocycles. The summed E-state index contributed by atoms with van der Waals surface area (Å²) in [7, 11) is -3.37. The van der Waals surface area contributed by atoms with Crippen molar-refractivity contribution in [1.82, 2.24) is 0 Å². The predicted molar refractivity (Wildman–Crippen MR) is 56.7 cm³/mol. The Morgan fingerprint density at radius 3 is 2.71 bits per heavy atom. The zero-order chi connectivity index (χ0) is 10.6. The smallest absolute Gasteiger partial charge is 0.257 e. The minimum atomic E-state index is -3.37. The second kappa shape index (κ2) is 4.60. The van der Waals surface area contributed by atoms with E-state index in [1.807, 2.05) is 19.1 Å². The second-order valence-corrected chi connectivity index (χ2v) is 5.61. The maximum absolute atomic E-state index is 10.6. The number of thiophene rings is 1. The first-order chi connectivity index (χ1) is 6.47. The van der Waals surface area contributed by atoms with Gasteiger partial charge in [0.2, 0.25) is 0 Å². The van der Waals surface area contributed by atoms with Crippen LogP contribution in [0.15, 0.2) is 12.1 Å². The largest absolute Gasteiger partial charge is 0.265 e. The van der Waals surface area contributed by atoms with Crippen molar-refractivity contribution in [2.75, 3.05) is 12.9 Å². The van der Waals surface area contributed by atoms with Gasteiger partial charge in [0.05, 0.1) is 11.1 Å². The van der Waals surface area contributed by atoms with Crippen molar-refractivity contribution in [3.05, 3.63) is 21.9 Å². The van der Waals surface area contributed by atoms with Crippen LogP contribution in [0.25, 0.3) is 0 Å². The maximum atomic E-state index is 10.6. The molecule has 0 bridgehead atoms. The van der Waals surface area contributed by atoms with Gasteiger partial charge in [-0.25, -0.2) is 0 Å². The third kappa shape index (κ3) is 4.42. The first kappa shape index (κ1) is 11.2. The van der Waals surface area contributed by atoms with E-state index in [-0.39, 0.29) is 6.61 Å². The third-order valence-electron chi connectivity index (χ3n) is 1.30. The number of hydrogen-bond acceptors (Lipinski definition) is 4. The van der Waals surface area contributed by atoms with E-state index in [0.29, 0.717) is 0 Å². The average Bonchev–Trinajstić information content (AvgIpc) is 2.44. The van der Waals surface area contributed by atoms with Crippen LogP contribution in [0.5, 0.6) is 0 Å². The molecule has 0 unspecified atom stereocenters. The fourth-order valence-electron chi connectivity index (χ4n) is 0.761. The van der Waals surface area contributed by atoms with Gasteiger partial charge in [-0.05, 0) is 19.1 Å². The highest BCUT2D eigenvalue weighted by Gasteiger charge is 1.97. The molecule has 0 aliphatic carbocycles. The molecule has 0 saturated heterocycles. The first-order valence-electron chi connectivity index (χ1n) is 3.87. The Balaban J connectivity index is 2.50. The molecule has 0 amide bonds. The molecule has 1 rings (SSSR count). The van der Waals surface area contributed by atoms with Crippen LogP contribution in [-0.2, 0) is 14.3 Å². The molecule has 0 aromatic carbocycles.